The zero-order chi connectivity index (χ0) is 16.6. The maximum absolute atomic E-state index is 12.7. The predicted octanol–water partition coefficient (Wildman–Crippen LogP) is 2.76. The number of nitrogens with zero attached hydrogens (tertiary/aromatic N) is 2. The van der Waals surface area contributed by atoms with Crippen LogP contribution in [-0.2, 0) is 6.42 Å². The molecule has 2 aromatic rings. The number of carbonyl (C=O) groups is 1. The quantitative estimate of drug-likeness (QED) is 0.871. The highest BCUT2D eigenvalue weighted by atomic mass is 16.5. The van der Waals surface area contributed by atoms with Crippen LogP contribution in [-0.4, -0.2) is 36.7 Å². The van der Waals surface area contributed by atoms with Crippen molar-refractivity contribution in [3.63, 3.8) is 0 Å². The van der Waals surface area contributed by atoms with Gasteiger partial charge in [-0.15, -0.1) is 0 Å². The normalized spacial score (nSPS) is 16.9. The highest BCUT2D eigenvalue weighted by molar-refractivity contribution is 5.92. The Bertz CT molecular complexity index is 738. The van der Waals surface area contributed by atoms with Crippen molar-refractivity contribution < 1.29 is 18.8 Å². The van der Waals surface area contributed by atoms with Crippen LogP contribution in [0.2, 0.25) is 0 Å². The van der Waals surface area contributed by atoms with E-state index < -0.39 is 0 Å². The monoisotopic (exact) mass is 316 g/mol. The van der Waals surface area contributed by atoms with E-state index >= 15 is 0 Å². The van der Waals surface area contributed by atoms with Crippen molar-refractivity contribution in [3.05, 3.63) is 40.8 Å². The molecule has 6 nitrogen and oxygen atoms in total. The summed E-state index contributed by atoms with van der Waals surface area (Å²) in [4.78, 5) is 14.5. The van der Waals surface area contributed by atoms with Crippen LogP contribution < -0.4 is 9.47 Å². The van der Waals surface area contributed by atoms with Gasteiger partial charge in [-0.25, -0.2) is 0 Å². The number of benzene rings is 1. The van der Waals surface area contributed by atoms with E-state index in [9.17, 15) is 4.79 Å². The molecular formula is C17H20N2O4. The topological polar surface area (TPSA) is 64.8 Å². The Balaban J connectivity index is 1.93. The molecule has 0 unspecified atom stereocenters. The van der Waals surface area contributed by atoms with E-state index in [1.54, 1.807) is 27.2 Å². The summed E-state index contributed by atoms with van der Waals surface area (Å²) >= 11 is 0. The van der Waals surface area contributed by atoms with Crippen LogP contribution in [0.4, 0.5) is 0 Å². The number of ether oxygens (including phenoxy) is 2. The number of methoxy groups -OCH3 is 2. The van der Waals surface area contributed by atoms with E-state index in [1.807, 2.05) is 24.0 Å². The molecule has 0 fully saturated rings. The first-order chi connectivity index (χ1) is 11.0. The lowest BCUT2D eigenvalue weighted by Gasteiger charge is -2.35. The Morgan fingerprint density at radius 1 is 1.26 bits per heavy atom. The Labute approximate surface area is 135 Å². The fourth-order valence-electron chi connectivity index (χ4n) is 3.04. The SMILES string of the molecule is COc1cc2c(cc1OC)[C@H](C)N(C(=O)c1cc(C)on1)CC2. The molecule has 1 aliphatic rings. The molecule has 0 aliphatic carbocycles. The van der Waals surface area contributed by atoms with E-state index in [1.165, 1.54) is 5.56 Å². The second-order valence-corrected chi connectivity index (χ2v) is 5.65. The molecule has 1 aromatic carbocycles. The van der Waals surface area contributed by atoms with Gasteiger partial charge in [0.1, 0.15) is 5.76 Å². The maximum Gasteiger partial charge on any atom is 0.276 e. The number of fused-ring (bicyclic) bond motifs is 1. The van der Waals surface area contributed by atoms with Gasteiger partial charge in [0.05, 0.1) is 20.3 Å². The molecule has 23 heavy (non-hydrogen) atoms. The summed E-state index contributed by atoms with van der Waals surface area (Å²) in [5.74, 6) is 1.90. The first-order valence-corrected chi connectivity index (χ1v) is 7.54. The number of aryl methyl sites for hydroxylation is 1. The van der Waals surface area contributed by atoms with Gasteiger partial charge in [0, 0.05) is 12.6 Å². The molecule has 122 valence electrons. The van der Waals surface area contributed by atoms with Crippen molar-refractivity contribution in [1.29, 1.82) is 0 Å². The Morgan fingerprint density at radius 2 is 1.96 bits per heavy atom. The van der Waals surface area contributed by atoms with Crippen LogP contribution in [0.5, 0.6) is 11.5 Å². The van der Waals surface area contributed by atoms with Crippen LogP contribution in [0.3, 0.4) is 0 Å². The third-order valence-electron chi connectivity index (χ3n) is 4.29. The summed E-state index contributed by atoms with van der Waals surface area (Å²) in [5, 5.41) is 3.83. The van der Waals surface area contributed by atoms with Crippen molar-refractivity contribution in [2.45, 2.75) is 26.3 Å². The van der Waals surface area contributed by atoms with Crippen molar-refractivity contribution in [2.75, 3.05) is 20.8 Å². The molecule has 1 aliphatic heterocycles. The minimum Gasteiger partial charge on any atom is -0.493 e. The van der Waals surface area contributed by atoms with E-state index in [0.29, 0.717) is 29.5 Å². The van der Waals surface area contributed by atoms with E-state index in [2.05, 4.69) is 5.16 Å². The number of hydrogen-bond donors (Lipinski definition) is 0. The summed E-state index contributed by atoms with van der Waals surface area (Å²) in [5.41, 5.74) is 2.59. The van der Waals surface area contributed by atoms with Crippen LogP contribution in [0, 0.1) is 6.92 Å². The Hall–Kier alpha value is -2.50. The molecule has 6 heteroatoms. The largest absolute Gasteiger partial charge is 0.493 e. The molecule has 0 N–H and O–H groups in total. The van der Waals surface area contributed by atoms with Gasteiger partial charge in [0.25, 0.3) is 5.91 Å². The lowest BCUT2D eigenvalue weighted by atomic mass is 9.92. The van der Waals surface area contributed by atoms with Gasteiger partial charge >= 0.3 is 0 Å². The van der Waals surface area contributed by atoms with Crippen LogP contribution in [0.1, 0.15) is 40.3 Å². The summed E-state index contributed by atoms with van der Waals surface area (Å²) < 4.78 is 15.7. The van der Waals surface area contributed by atoms with Gasteiger partial charge in [-0.2, -0.15) is 0 Å². The third kappa shape index (κ3) is 2.65. The van der Waals surface area contributed by atoms with E-state index in [4.69, 9.17) is 14.0 Å². The van der Waals surface area contributed by atoms with Crippen molar-refractivity contribution in [3.8, 4) is 11.5 Å². The number of hydrogen-bond acceptors (Lipinski definition) is 5. The van der Waals surface area contributed by atoms with E-state index in [-0.39, 0.29) is 11.9 Å². The zero-order valence-electron chi connectivity index (χ0n) is 13.8. The number of aromatic nitrogens is 1. The van der Waals surface area contributed by atoms with Gasteiger partial charge in [-0.05, 0) is 43.5 Å². The van der Waals surface area contributed by atoms with Crippen molar-refractivity contribution in [1.82, 2.24) is 10.1 Å². The van der Waals surface area contributed by atoms with Crippen molar-refractivity contribution >= 4 is 5.91 Å². The maximum atomic E-state index is 12.7. The lowest BCUT2D eigenvalue weighted by Crippen LogP contribution is -2.39. The van der Waals surface area contributed by atoms with Crippen LogP contribution >= 0.6 is 0 Å². The molecule has 1 aromatic heterocycles. The van der Waals surface area contributed by atoms with Gasteiger partial charge in [0.2, 0.25) is 0 Å². The predicted molar refractivity (Wildman–Crippen MR) is 83.9 cm³/mol. The first kappa shape index (κ1) is 15.4. The molecule has 0 saturated carbocycles. The molecule has 0 spiro atoms. The van der Waals surface area contributed by atoms with Gasteiger partial charge in [0.15, 0.2) is 17.2 Å². The second kappa shape index (κ2) is 5.95. The fraction of sp³-hybridized carbons (Fsp3) is 0.412. The fourth-order valence-corrected chi connectivity index (χ4v) is 3.04. The molecule has 0 bridgehead atoms. The lowest BCUT2D eigenvalue weighted by molar-refractivity contribution is 0.0666. The summed E-state index contributed by atoms with van der Waals surface area (Å²) in [6.45, 7) is 4.42. The second-order valence-electron chi connectivity index (χ2n) is 5.65. The number of amides is 1. The molecule has 3 rings (SSSR count). The molecule has 2 heterocycles. The molecular weight excluding hydrogens is 296 g/mol. The average molecular weight is 316 g/mol. The third-order valence-corrected chi connectivity index (χ3v) is 4.29. The smallest absolute Gasteiger partial charge is 0.276 e. The molecule has 1 amide bonds. The minimum absolute atomic E-state index is 0.0666. The molecule has 0 radical (unpaired) electrons. The van der Waals surface area contributed by atoms with Crippen LogP contribution in [0.15, 0.2) is 22.7 Å². The Kier molecular flexibility index (Phi) is 3.98. The summed E-state index contributed by atoms with van der Waals surface area (Å²) in [6, 6.07) is 5.54. The van der Waals surface area contributed by atoms with Gasteiger partial charge < -0.3 is 18.9 Å². The van der Waals surface area contributed by atoms with E-state index in [0.717, 1.165) is 12.0 Å². The standard InChI is InChI=1S/C17H20N2O4/c1-10-7-14(18-23-10)17(20)19-6-5-12-8-15(21-3)16(22-4)9-13(12)11(19)2/h7-9,11H,5-6H2,1-4H3/t11-/m0/s1. The van der Waals surface area contributed by atoms with Gasteiger partial charge in [-0.3, -0.25) is 4.79 Å². The Morgan fingerprint density at radius 3 is 2.57 bits per heavy atom. The summed E-state index contributed by atoms with van der Waals surface area (Å²) in [6.07, 6.45) is 0.766. The molecule has 1 atom stereocenters. The van der Waals surface area contributed by atoms with Gasteiger partial charge in [-0.1, -0.05) is 5.16 Å². The minimum atomic E-state index is -0.116. The molecule has 0 saturated heterocycles. The number of carbonyl (C=O) groups excluding carboxylic acids is 1. The van der Waals surface area contributed by atoms with Crippen molar-refractivity contribution in [2.24, 2.45) is 0 Å². The zero-order valence-corrected chi connectivity index (χ0v) is 13.8. The number of rotatable bonds is 3. The van der Waals surface area contributed by atoms with Crippen LogP contribution in [0.25, 0.3) is 0 Å². The first-order valence-electron chi connectivity index (χ1n) is 7.54. The highest BCUT2D eigenvalue weighted by Crippen LogP contribution is 2.38. The average Bonchev–Trinajstić information content (AvgIpc) is 3.00. The highest BCUT2D eigenvalue weighted by Gasteiger charge is 2.31. The summed E-state index contributed by atoms with van der Waals surface area (Å²) in [7, 11) is 3.23.